The molecule has 0 aliphatic carbocycles. The third-order valence-electron chi connectivity index (χ3n) is 4.99. The van der Waals surface area contributed by atoms with Crippen molar-refractivity contribution >= 4 is 0 Å². The van der Waals surface area contributed by atoms with E-state index in [9.17, 15) is 0 Å². The van der Waals surface area contributed by atoms with Crippen LogP contribution in [0.3, 0.4) is 0 Å². The lowest BCUT2D eigenvalue weighted by Gasteiger charge is -2.19. The van der Waals surface area contributed by atoms with Crippen molar-refractivity contribution in [2.24, 2.45) is 0 Å². The van der Waals surface area contributed by atoms with E-state index in [0.717, 1.165) is 49.6 Å². The fraction of sp³-hybridized carbons (Fsp3) is 0.350. The molecule has 1 aliphatic heterocycles. The Morgan fingerprint density at radius 1 is 1.04 bits per heavy atom. The predicted molar refractivity (Wildman–Crippen MR) is 96.1 cm³/mol. The molecule has 0 saturated heterocycles. The molecule has 3 heterocycles. The average Bonchev–Trinajstić information content (AvgIpc) is 2.85. The highest BCUT2D eigenvalue weighted by Gasteiger charge is 2.21. The maximum absolute atomic E-state index is 5.31. The van der Waals surface area contributed by atoms with Gasteiger partial charge >= 0.3 is 0 Å². The topological polar surface area (TPSA) is 55.1 Å². The van der Waals surface area contributed by atoms with Crippen molar-refractivity contribution in [3.63, 3.8) is 0 Å². The van der Waals surface area contributed by atoms with E-state index >= 15 is 0 Å². The first kappa shape index (κ1) is 16.0. The van der Waals surface area contributed by atoms with Crippen LogP contribution in [0, 0.1) is 13.8 Å². The third-order valence-corrected chi connectivity index (χ3v) is 4.99. The quantitative estimate of drug-likeness (QED) is 0.735. The Morgan fingerprint density at radius 3 is 2.60 bits per heavy atom. The molecule has 1 aliphatic rings. The molecule has 0 atom stereocenters. The monoisotopic (exact) mass is 334 g/mol. The molecule has 2 aromatic heterocycles. The van der Waals surface area contributed by atoms with Gasteiger partial charge in [-0.2, -0.15) is 0 Å². The van der Waals surface area contributed by atoms with Crippen LogP contribution in [0.1, 0.15) is 28.3 Å². The Morgan fingerprint density at radius 2 is 1.84 bits per heavy atom. The Kier molecular flexibility index (Phi) is 4.32. The van der Waals surface area contributed by atoms with Gasteiger partial charge in [0.15, 0.2) is 0 Å². The van der Waals surface area contributed by atoms with Crippen molar-refractivity contribution in [2.75, 3.05) is 13.1 Å². The number of fused-ring (bicyclic) bond motifs is 1. The minimum absolute atomic E-state index is 0.878. The summed E-state index contributed by atoms with van der Waals surface area (Å²) in [4.78, 5) is 11.6. The van der Waals surface area contributed by atoms with E-state index < -0.39 is 0 Å². The van der Waals surface area contributed by atoms with Crippen molar-refractivity contribution < 1.29 is 4.52 Å². The number of aryl methyl sites for hydroxylation is 2. The van der Waals surface area contributed by atoms with Gasteiger partial charge in [0.25, 0.3) is 0 Å². The molecular formula is C20H22N4O. The van der Waals surface area contributed by atoms with Gasteiger partial charge in [0.05, 0.1) is 11.4 Å². The summed E-state index contributed by atoms with van der Waals surface area (Å²) in [7, 11) is 0. The second kappa shape index (κ2) is 6.76. The minimum atomic E-state index is 0.878. The molecule has 0 spiro atoms. The predicted octanol–water partition coefficient (Wildman–Crippen LogP) is 3.35. The molecule has 3 aromatic rings. The summed E-state index contributed by atoms with van der Waals surface area (Å²) < 4.78 is 5.31. The Bertz CT molecular complexity index is 853. The van der Waals surface area contributed by atoms with E-state index in [0.29, 0.717) is 0 Å². The first-order valence-electron chi connectivity index (χ1n) is 8.74. The summed E-state index contributed by atoms with van der Waals surface area (Å²) in [6, 6.07) is 10.4. The van der Waals surface area contributed by atoms with Gasteiger partial charge < -0.3 is 4.52 Å². The van der Waals surface area contributed by atoms with Gasteiger partial charge in [0, 0.05) is 48.4 Å². The van der Waals surface area contributed by atoms with Crippen LogP contribution in [-0.4, -0.2) is 33.1 Å². The number of benzene rings is 1. The fourth-order valence-electron chi connectivity index (χ4n) is 3.53. The first-order valence-corrected chi connectivity index (χ1v) is 8.74. The number of hydrogen-bond donors (Lipinski definition) is 0. The second-order valence-electron chi connectivity index (χ2n) is 6.59. The summed E-state index contributed by atoms with van der Waals surface area (Å²) in [5.41, 5.74) is 6.90. The zero-order chi connectivity index (χ0) is 17.2. The maximum Gasteiger partial charge on any atom is 0.138 e. The van der Waals surface area contributed by atoms with E-state index in [-0.39, 0.29) is 0 Å². The van der Waals surface area contributed by atoms with Gasteiger partial charge in [0.1, 0.15) is 12.1 Å². The van der Waals surface area contributed by atoms with Crippen molar-refractivity contribution in [1.29, 1.82) is 0 Å². The molecular weight excluding hydrogens is 312 g/mol. The molecule has 5 nitrogen and oxygen atoms in total. The molecule has 0 unspecified atom stereocenters. The normalized spacial score (nSPS) is 15.0. The fourth-order valence-corrected chi connectivity index (χ4v) is 3.53. The SMILES string of the molecule is Cc1noc(C)c1CN1CCc2ncnc(-c3ccccc3)c2CC1. The number of nitrogens with zero attached hydrogens (tertiary/aromatic N) is 4. The molecule has 25 heavy (non-hydrogen) atoms. The van der Waals surface area contributed by atoms with Crippen LogP contribution in [0.4, 0.5) is 0 Å². The Labute approximate surface area is 147 Å². The summed E-state index contributed by atoms with van der Waals surface area (Å²) in [6.45, 7) is 6.86. The van der Waals surface area contributed by atoms with Gasteiger partial charge in [0.2, 0.25) is 0 Å². The van der Waals surface area contributed by atoms with Crippen molar-refractivity contribution in [3.8, 4) is 11.3 Å². The molecule has 4 rings (SSSR count). The first-order chi connectivity index (χ1) is 12.2. The van der Waals surface area contributed by atoms with E-state index in [2.05, 4.69) is 44.3 Å². The molecule has 0 fully saturated rings. The van der Waals surface area contributed by atoms with Gasteiger partial charge in [-0.3, -0.25) is 4.90 Å². The van der Waals surface area contributed by atoms with Gasteiger partial charge in [-0.25, -0.2) is 9.97 Å². The Balaban J connectivity index is 1.58. The van der Waals surface area contributed by atoms with Crippen molar-refractivity contribution in [2.45, 2.75) is 33.2 Å². The molecule has 128 valence electrons. The van der Waals surface area contributed by atoms with Crippen LogP contribution in [0.2, 0.25) is 0 Å². The lowest BCUT2D eigenvalue weighted by atomic mass is 10.0. The molecule has 0 bridgehead atoms. The van der Waals surface area contributed by atoms with E-state index in [4.69, 9.17) is 4.52 Å². The highest BCUT2D eigenvalue weighted by atomic mass is 16.5. The standard InChI is InChI=1S/C20H22N4O/c1-14-18(15(2)25-23-14)12-24-10-8-17-19(9-11-24)21-13-22-20(17)16-6-4-3-5-7-16/h3-7,13H,8-12H2,1-2H3. The summed E-state index contributed by atoms with van der Waals surface area (Å²) in [6.07, 6.45) is 3.61. The van der Waals surface area contributed by atoms with E-state index in [1.807, 2.05) is 19.9 Å². The van der Waals surface area contributed by atoms with E-state index in [1.54, 1.807) is 6.33 Å². The number of hydrogen-bond acceptors (Lipinski definition) is 5. The van der Waals surface area contributed by atoms with Crippen LogP contribution < -0.4 is 0 Å². The van der Waals surface area contributed by atoms with Gasteiger partial charge in [-0.05, 0) is 20.3 Å². The highest BCUT2D eigenvalue weighted by molar-refractivity contribution is 5.63. The lowest BCUT2D eigenvalue weighted by molar-refractivity contribution is 0.276. The zero-order valence-corrected chi connectivity index (χ0v) is 14.7. The molecule has 1 aromatic carbocycles. The average molecular weight is 334 g/mol. The van der Waals surface area contributed by atoms with Gasteiger partial charge in [-0.15, -0.1) is 0 Å². The molecule has 0 saturated carbocycles. The molecule has 0 amide bonds. The number of aromatic nitrogens is 3. The van der Waals surface area contributed by atoms with Crippen molar-refractivity contribution in [1.82, 2.24) is 20.0 Å². The van der Waals surface area contributed by atoms with Crippen molar-refractivity contribution in [3.05, 3.63) is 64.9 Å². The summed E-state index contributed by atoms with van der Waals surface area (Å²) in [5.74, 6) is 0.920. The van der Waals surface area contributed by atoms with Gasteiger partial charge in [-0.1, -0.05) is 35.5 Å². The summed E-state index contributed by atoms with van der Waals surface area (Å²) >= 11 is 0. The smallest absolute Gasteiger partial charge is 0.138 e. The zero-order valence-electron chi connectivity index (χ0n) is 14.7. The largest absolute Gasteiger partial charge is 0.361 e. The Hall–Kier alpha value is -2.53. The maximum atomic E-state index is 5.31. The van der Waals surface area contributed by atoms with Crippen LogP contribution in [0.15, 0.2) is 41.2 Å². The lowest BCUT2D eigenvalue weighted by Crippen LogP contribution is -2.26. The van der Waals surface area contributed by atoms with Crippen LogP contribution >= 0.6 is 0 Å². The minimum Gasteiger partial charge on any atom is -0.361 e. The third kappa shape index (κ3) is 3.20. The van der Waals surface area contributed by atoms with Crippen LogP contribution in [0.5, 0.6) is 0 Å². The molecule has 5 heteroatoms. The number of rotatable bonds is 3. The molecule has 0 N–H and O–H groups in total. The van der Waals surface area contributed by atoms with Crippen LogP contribution in [0.25, 0.3) is 11.3 Å². The highest BCUT2D eigenvalue weighted by Crippen LogP contribution is 2.26. The summed E-state index contributed by atoms with van der Waals surface area (Å²) in [5, 5.41) is 4.07. The van der Waals surface area contributed by atoms with Crippen LogP contribution in [-0.2, 0) is 19.4 Å². The van der Waals surface area contributed by atoms with E-state index in [1.165, 1.54) is 22.4 Å². The molecule has 0 radical (unpaired) electrons. The second-order valence-corrected chi connectivity index (χ2v) is 6.59.